The average molecular weight is 427 g/mol. The topological polar surface area (TPSA) is 109 Å². The fourth-order valence-electron chi connectivity index (χ4n) is 0. The van der Waals surface area contributed by atoms with Gasteiger partial charge in [0.15, 0.2) is 0 Å². The zero-order valence-electron chi connectivity index (χ0n) is 3.16. The maximum Gasteiger partial charge on any atom is 3.00 e. The van der Waals surface area contributed by atoms with Crippen LogP contribution in [0.5, 0.6) is 0 Å². The predicted molar refractivity (Wildman–Crippen MR) is 11.2 cm³/mol. The van der Waals surface area contributed by atoms with Crippen LogP contribution >= 0.6 is 0 Å². The van der Waals surface area contributed by atoms with Gasteiger partial charge in [-0.3, -0.25) is 8.42 Å². The Morgan fingerprint density at radius 2 is 1.00 bits per heavy atom. The van der Waals surface area contributed by atoms with E-state index in [0.717, 1.165) is 0 Å². The molecule has 0 aliphatic rings. The van der Waals surface area contributed by atoms with Crippen LogP contribution in [-0.2, 0) is 15.9 Å². The van der Waals surface area contributed by atoms with Gasteiger partial charge in [0.05, 0.1) is 0 Å². The minimum Gasteiger partial charge on any atom is -2.00 e. The standard InChI is InChI=1S/2Gd.H2O4S.O/c;;1-5(2,3)4;/h;;(H2,1,2,3,4);/q2*+3;;-2/p-2. The van der Waals surface area contributed by atoms with E-state index in [0.29, 0.717) is 0 Å². The van der Waals surface area contributed by atoms with Crippen molar-refractivity contribution in [1.29, 1.82) is 0 Å². The predicted octanol–water partition coefficient (Wildman–Crippen LogP) is -1.46. The van der Waals surface area contributed by atoms with E-state index in [2.05, 4.69) is 0 Å². The second-order valence-electron chi connectivity index (χ2n) is 0.408. The molecule has 0 N–H and O–H groups in total. The summed E-state index contributed by atoms with van der Waals surface area (Å²) in [5.41, 5.74) is 0. The van der Waals surface area contributed by atoms with Gasteiger partial charge in [-0.2, -0.15) is 0 Å². The molecule has 0 saturated heterocycles. The molecule has 0 aliphatic carbocycles. The van der Waals surface area contributed by atoms with Crippen LogP contribution in [0.3, 0.4) is 0 Å². The summed E-state index contributed by atoms with van der Waals surface area (Å²) in [6.07, 6.45) is 0. The number of hydrogen-bond acceptors (Lipinski definition) is 4. The van der Waals surface area contributed by atoms with Crippen LogP contribution in [0.15, 0.2) is 0 Å². The molecule has 0 saturated carbocycles. The summed E-state index contributed by atoms with van der Waals surface area (Å²) in [4.78, 5) is 0. The number of rotatable bonds is 0. The summed E-state index contributed by atoms with van der Waals surface area (Å²) in [7, 11) is -5.17. The summed E-state index contributed by atoms with van der Waals surface area (Å²) in [6, 6.07) is 0. The van der Waals surface area contributed by atoms with E-state index in [1.165, 1.54) is 0 Å². The molecule has 0 heterocycles. The maximum absolute atomic E-state index is 8.52. The van der Waals surface area contributed by atoms with E-state index >= 15 is 0 Å². The Bertz CT molecular complexity index is 93.6. The van der Waals surface area contributed by atoms with Crippen LogP contribution in [0.2, 0.25) is 0 Å². The van der Waals surface area contributed by atoms with E-state index in [1.54, 1.807) is 0 Å². The van der Waals surface area contributed by atoms with Gasteiger partial charge in [0.25, 0.3) is 0 Å². The molecule has 0 unspecified atom stereocenters. The van der Waals surface area contributed by atoms with Crippen molar-refractivity contribution < 1.29 is 103 Å². The Morgan fingerprint density at radius 3 is 1.00 bits per heavy atom. The van der Waals surface area contributed by atoms with Crippen LogP contribution in [0, 0.1) is 79.9 Å². The fourth-order valence-corrected chi connectivity index (χ4v) is 0. The van der Waals surface area contributed by atoms with Crippen molar-refractivity contribution >= 4 is 10.4 Å². The third-order valence-electron chi connectivity index (χ3n) is 0. The minimum absolute atomic E-state index is 0. The summed E-state index contributed by atoms with van der Waals surface area (Å²) in [5.74, 6) is 0. The van der Waals surface area contributed by atoms with E-state index in [4.69, 9.17) is 17.5 Å². The van der Waals surface area contributed by atoms with Gasteiger partial charge in [-0.15, -0.1) is 0 Å². The molecule has 0 aromatic carbocycles. The quantitative estimate of drug-likeness (QED) is 0.348. The first kappa shape index (κ1) is 22.4. The molecule has 0 atom stereocenters. The fraction of sp³-hybridized carbons (Fsp3) is 0. The Balaban J connectivity index is -0.0000000267. The van der Waals surface area contributed by atoms with E-state index in [1.807, 2.05) is 0 Å². The summed E-state index contributed by atoms with van der Waals surface area (Å²) in [6.45, 7) is 0. The van der Waals surface area contributed by atoms with Crippen molar-refractivity contribution in [2.75, 3.05) is 0 Å². The smallest absolute Gasteiger partial charge is 2.00 e. The molecule has 8 heavy (non-hydrogen) atoms. The molecule has 0 spiro atoms. The minimum atomic E-state index is -5.17. The Kier molecular flexibility index (Phi) is 26.6. The van der Waals surface area contributed by atoms with Crippen molar-refractivity contribution in [2.45, 2.75) is 0 Å². The summed E-state index contributed by atoms with van der Waals surface area (Å²) in [5, 5.41) is 0. The van der Waals surface area contributed by atoms with Crippen LogP contribution in [0.1, 0.15) is 0 Å². The van der Waals surface area contributed by atoms with Gasteiger partial charge in [-0.1, -0.05) is 0 Å². The van der Waals surface area contributed by atoms with Crippen molar-refractivity contribution in [1.82, 2.24) is 0 Å². The molecule has 0 aliphatic heterocycles. The molecule has 8 heteroatoms. The summed E-state index contributed by atoms with van der Waals surface area (Å²) < 4.78 is 34.1. The van der Waals surface area contributed by atoms with Crippen LogP contribution in [0.25, 0.3) is 0 Å². The first-order chi connectivity index (χ1) is 2.00. The maximum atomic E-state index is 8.52. The van der Waals surface area contributed by atoms with Gasteiger partial charge in [0, 0.05) is 10.4 Å². The van der Waals surface area contributed by atoms with Gasteiger partial charge in [-0.05, 0) is 0 Å². The van der Waals surface area contributed by atoms with Gasteiger partial charge < -0.3 is 14.6 Å². The molecule has 0 fully saturated rings. The van der Waals surface area contributed by atoms with Crippen molar-refractivity contribution in [3.05, 3.63) is 0 Å². The molecule has 2 radical (unpaired) electrons. The third-order valence-corrected chi connectivity index (χ3v) is 0. The van der Waals surface area contributed by atoms with Crippen molar-refractivity contribution in [2.24, 2.45) is 0 Å². The third kappa shape index (κ3) is 77.2. The van der Waals surface area contributed by atoms with Gasteiger partial charge in [0.2, 0.25) is 0 Å². The molecule has 0 aromatic heterocycles. The van der Waals surface area contributed by atoms with Gasteiger partial charge in [-0.25, -0.2) is 0 Å². The molecule has 0 bridgehead atoms. The average Bonchev–Trinajstić information content (AvgIpc) is 0.722. The van der Waals surface area contributed by atoms with Crippen LogP contribution < -0.4 is 0 Å². The Labute approximate surface area is 111 Å². The summed E-state index contributed by atoms with van der Waals surface area (Å²) >= 11 is 0. The van der Waals surface area contributed by atoms with Gasteiger partial charge >= 0.3 is 79.9 Å². The zero-order chi connectivity index (χ0) is 4.50. The van der Waals surface area contributed by atoms with Crippen molar-refractivity contribution in [3.63, 3.8) is 0 Å². The SMILES string of the molecule is O=S(=O)([O-])[O-].[Gd+3].[Gd+3].[O-2]. The van der Waals surface area contributed by atoms with Crippen LogP contribution in [0.4, 0.5) is 0 Å². The molecular formula is Gd2O5S+2. The molecule has 50 valence electrons. The molecule has 0 aromatic rings. The van der Waals surface area contributed by atoms with Crippen LogP contribution in [-0.4, -0.2) is 17.5 Å². The molecule has 0 amide bonds. The second-order valence-corrected chi connectivity index (χ2v) is 1.22. The normalized spacial score (nSPS) is 7.25. The van der Waals surface area contributed by atoms with E-state index in [9.17, 15) is 0 Å². The second kappa shape index (κ2) is 9.48. The molecule has 0 rings (SSSR count). The first-order valence-corrected chi connectivity index (χ1v) is 2.00. The first-order valence-electron chi connectivity index (χ1n) is 0.667. The monoisotopic (exact) mass is 428 g/mol. The van der Waals surface area contributed by atoms with E-state index < -0.39 is 10.4 Å². The van der Waals surface area contributed by atoms with Crippen molar-refractivity contribution in [3.8, 4) is 0 Å². The largest absolute Gasteiger partial charge is 3.00 e. The Hall–Kier alpha value is 2.48. The molecular weight excluding hydrogens is 427 g/mol. The molecule has 5 nitrogen and oxygen atoms in total. The number of hydrogen-bond donors (Lipinski definition) is 0. The zero-order valence-corrected chi connectivity index (χ0v) is 8.51. The Morgan fingerprint density at radius 1 is 1.00 bits per heavy atom. The van der Waals surface area contributed by atoms with E-state index in [-0.39, 0.29) is 85.4 Å². The van der Waals surface area contributed by atoms with Gasteiger partial charge in [0.1, 0.15) is 0 Å².